The molecule has 0 aliphatic heterocycles. The van der Waals surface area contributed by atoms with Crippen LogP contribution in [0.1, 0.15) is 18.9 Å². The van der Waals surface area contributed by atoms with Crippen LogP contribution < -0.4 is 5.73 Å². The molecule has 0 aliphatic carbocycles. The number of carbonyl (C=O) groups is 1. The summed E-state index contributed by atoms with van der Waals surface area (Å²) in [5, 5.41) is 0.177. The Kier molecular flexibility index (Phi) is 4.98. The number of anilines is 1. The Morgan fingerprint density at radius 1 is 1.40 bits per heavy atom. The summed E-state index contributed by atoms with van der Waals surface area (Å²) in [7, 11) is 0. The quantitative estimate of drug-likeness (QED) is 0.628. The Hall–Kier alpha value is -1.22. The first-order chi connectivity index (χ1) is 7.18. The first-order valence-electron chi connectivity index (χ1n) is 4.84. The maximum absolute atomic E-state index is 10.6. The van der Waals surface area contributed by atoms with Gasteiger partial charge in [0.05, 0.1) is 0 Å². The molecule has 0 radical (unpaired) electrons. The largest absolute Gasteiger partial charge is 0.399 e. The molecule has 2 nitrogen and oxygen atoms in total. The van der Waals surface area contributed by atoms with Crippen LogP contribution in [0.4, 0.5) is 5.69 Å². The van der Waals surface area contributed by atoms with Crippen molar-refractivity contribution in [1.29, 1.82) is 0 Å². The highest BCUT2D eigenvalue weighted by Gasteiger charge is 1.91. The van der Waals surface area contributed by atoms with E-state index in [2.05, 4.69) is 6.08 Å². The Labute approximate surface area is 94.6 Å². The number of allylic oxidation sites excluding steroid dienone is 1. The van der Waals surface area contributed by atoms with Gasteiger partial charge < -0.3 is 5.73 Å². The van der Waals surface area contributed by atoms with Gasteiger partial charge in [0.25, 0.3) is 0 Å². The highest BCUT2D eigenvalue weighted by atomic mass is 32.2. The second kappa shape index (κ2) is 6.30. The number of benzene rings is 1. The second-order valence-electron chi connectivity index (χ2n) is 3.20. The van der Waals surface area contributed by atoms with E-state index < -0.39 is 0 Å². The van der Waals surface area contributed by atoms with Gasteiger partial charge in [0.2, 0.25) is 0 Å². The first-order valence-corrected chi connectivity index (χ1v) is 5.82. The van der Waals surface area contributed by atoms with Gasteiger partial charge in [0.1, 0.15) is 0 Å². The van der Waals surface area contributed by atoms with E-state index in [1.54, 1.807) is 6.92 Å². The normalized spacial score (nSPS) is 10.7. The molecule has 3 heteroatoms. The molecule has 80 valence electrons. The molecule has 0 bridgehead atoms. The number of carbonyl (C=O) groups excluding carboxylic acids is 1. The van der Waals surface area contributed by atoms with Gasteiger partial charge in [0.15, 0.2) is 5.12 Å². The van der Waals surface area contributed by atoms with Crippen LogP contribution in [0.25, 0.3) is 6.08 Å². The molecular weight excluding hydrogens is 206 g/mol. The molecule has 1 aromatic carbocycles. The zero-order valence-electron chi connectivity index (χ0n) is 8.77. The number of hydrogen-bond acceptors (Lipinski definition) is 3. The lowest BCUT2D eigenvalue weighted by Gasteiger charge is -1.95. The number of hydrogen-bond donors (Lipinski definition) is 1. The number of rotatable bonds is 4. The Morgan fingerprint density at radius 3 is 2.67 bits per heavy atom. The summed E-state index contributed by atoms with van der Waals surface area (Å²) >= 11 is 1.36. The molecule has 0 aliphatic rings. The third kappa shape index (κ3) is 5.27. The summed E-state index contributed by atoms with van der Waals surface area (Å²) in [6, 6.07) is 7.71. The predicted octanol–water partition coefficient (Wildman–Crippen LogP) is 2.95. The van der Waals surface area contributed by atoms with Gasteiger partial charge in [-0.2, -0.15) is 0 Å². The molecule has 2 N–H and O–H groups in total. The average Bonchev–Trinajstić information content (AvgIpc) is 2.20. The number of thioether (sulfide) groups is 1. The van der Waals surface area contributed by atoms with E-state index in [4.69, 9.17) is 5.73 Å². The minimum absolute atomic E-state index is 0.177. The Morgan fingerprint density at radius 2 is 2.07 bits per heavy atom. The van der Waals surface area contributed by atoms with Crippen molar-refractivity contribution >= 4 is 28.6 Å². The van der Waals surface area contributed by atoms with Gasteiger partial charge in [-0.1, -0.05) is 36.0 Å². The van der Waals surface area contributed by atoms with Gasteiger partial charge in [-0.3, -0.25) is 4.79 Å². The third-order valence-electron chi connectivity index (χ3n) is 1.84. The monoisotopic (exact) mass is 221 g/mol. The molecule has 1 aromatic rings. The number of nitrogens with two attached hydrogens (primary N) is 1. The molecule has 0 fully saturated rings. The van der Waals surface area contributed by atoms with E-state index in [1.807, 2.05) is 30.3 Å². The lowest BCUT2D eigenvalue weighted by atomic mass is 10.2. The van der Waals surface area contributed by atoms with Crippen molar-refractivity contribution in [1.82, 2.24) is 0 Å². The van der Waals surface area contributed by atoms with Gasteiger partial charge in [-0.15, -0.1) is 0 Å². The van der Waals surface area contributed by atoms with Crippen molar-refractivity contribution in [3.63, 3.8) is 0 Å². The first kappa shape index (κ1) is 11.9. The maximum Gasteiger partial charge on any atom is 0.185 e. The van der Waals surface area contributed by atoms with Crippen LogP contribution in [-0.4, -0.2) is 10.9 Å². The van der Waals surface area contributed by atoms with Crippen LogP contribution in [-0.2, 0) is 4.79 Å². The molecule has 0 aromatic heterocycles. The SMILES string of the molecule is CC(=O)SCCC=Cc1ccc(N)cc1. The Bertz CT molecular complexity index is 343. The van der Waals surface area contributed by atoms with E-state index in [1.165, 1.54) is 11.8 Å². The standard InChI is InChI=1S/C12H15NOS/c1-10(14)15-9-3-2-4-11-5-7-12(13)8-6-11/h2,4-8H,3,9,13H2,1H3. The number of nitrogen functional groups attached to an aromatic ring is 1. The van der Waals surface area contributed by atoms with Crippen LogP contribution in [0.2, 0.25) is 0 Å². The summed E-state index contributed by atoms with van der Waals surface area (Å²) in [6.45, 7) is 1.59. The molecule has 0 amide bonds. The van der Waals surface area contributed by atoms with Gasteiger partial charge in [-0.25, -0.2) is 0 Å². The third-order valence-corrected chi connectivity index (χ3v) is 2.68. The van der Waals surface area contributed by atoms with E-state index in [0.29, 0.717) is 0 Å². The van der Waals surface area contributed by atoms with Crippen LogP contribution in [0.15, 0.2) is 30.3 Å². The van der Waals surface area contributed by atoms with E-state index in [0.717, 1.165) is 23.4 Å². The fraction of sp³-hybridized carbons (Fsp3) is 0.250. The van der Waals surface area contributed by atoms with Gasteiger partial charge in [0, 0.05) is 18.4 Å². The van der Waals surface area contributed by atoms with E-state index >= 15 is 0 Å². The van der Waals surface area contributed by atoms with Crippen molar-refractivity contribution in [2.75, 3.05) is 11.5 Å². The maximum atomic E-state index is 10.6. The minimum Gasteiger partial charge on any atom is -0.399 e. The molecule has 15 heavy (non-hydrogen) atoms. The summed E-state index contributed by atoms with van der Waals surface area (Å²) < 4.78 is 0. The second-order valence-corrected chi connectivity index (χ2v) is 4.47. The van der Waals surface area contributed by atoms with Crippen molar-refractivity contribution in [2.24, 2.45) is 0 Å². The fourth-order valence-electron chi connectivity index (χ4n) is 1.10. The molecule has 0 atom stereocenters. The highest BCUT2D eigenvalue weighted by molar-refractivity contribution is 8.13. The summed E-state index contributed by atoms with van der Waals surface area (Å²) in [5.74, 6) is 0.848. The van der Waals surface area contributed by atoms with Crippen molar-refractivity contribution < 1.29 is 4.79 Å². The van der Waals surface area contributed by atoms with Gasteiger partial charge in [-0.05, 0) is 24.1 Å². The molecule has 0 saturated carbocycles. The van der Waals surface area contributed by atoms with Gasteiger partial charge >= 0.3 is 0 Å². The van der Waals surface area contributed by atoms with Crippen LogP contribution in [0.5, 0.6) is 0 Å². The summed E-state index contributed by atoms with van der Waals surface area (Å²) in [6.07, 6.45) is 5.02. The molecule has 1 rings (SSSR count). The van der Waals surface area contributed by atoms with E-state index in [9.17, 15) is 4.79 Å². The minimum atomic E-state index is 0.177. The van der Waals surface area contributed by atoms with Crippen LogP contribution in [0, 0.1) is 0 Å². The predicted molar refractivity (Wildman–Crippen MR) is 67.6 cm³/mol. The molecule has 0 unspecified atom stereocenters. The van der Waals surface area contributed by atoms with Crippen LogP contribution in [0.3, 0.4) is 0 Å². The summed E-state index contributed by atoms with van der Waals surface area (Å²) in [4.78, 5) is 10.6. The highest BCUT2D eigenvalue weighted by Crippen LogP contribution is 2.09. The molecule has 0 heterocycles. The molecule has 0 spiro atoms. The molecule has 0 saturated heterocycles. The fourth-order valence-corrected chi connectivity index (χ4v) is 1.64. The Balaban J connectivity index is 2.32. The molecular formula is C12H15NOS. The average molecular weight is 221 g/mol. The lowest BCUT2D eigenvalue weighted by Crippen LogP contribution is -1.84. The van der Waals surface area contributed by atoms with Crippen molar-refractivity contribution in [2.45, 2.75) is 13.3 Å². The smallest absolute Gasteiger partial charge is 0.185 e. The van der Waals surface area contributed by atoms with E-state index in [-0.39, 0.29) is 5.12 Å². The van der Waals surface area contributed by atoms with Crippen molar-refractivity contribution in [3.8, 4) is 0 Å². The van der Waals surface area contributed by atoms with Crippen molar-refractivity contribution in [3.05, 3.63) is 35.9 Å². The summed E-state index contributed by atoms with van der Waals surface area (Å²) in [5.41, 5.74) is 7.48. The topological polar surface area (TPSA) is 43.1 Å². The zero-order chi connectivity index (χ0) is 11.1. The van der Waals surface area contributed by atoms with Crippen LogP contribution >= 0.6 is 11.8 Å². The zero-order valence-corrected chi connectivity index (χ0v) is 9.59. The lowest BCUT2D eigenvalue weighted by molar-refractivity contribution is -0.109.